The van der Waals surface area contributed by atoms with E-state index in [1.165, 1.54) is 12.3 Å². The van der Waals surface area contributed by atoms with Crippen LogP contribution in [0, 0.1) is 5.82 Å². The van der Waals surface area contributed by atoms with Gasteiger partial charge in [-0.1, -0.05) is 12.1 Å². The lowest BCUT2D eigenvalue weighted by Crippen LogP contribution is -1.81. The van der Waals surface area contributed by atoms with Crippen LogP contribution in [0.15, 0.2) is 34.9 Å². The van der Waals surface area contributed by atoms with Crippen molar-refractivity contribution in [1.82, 2.24) is 4.98 Å². The molecule has 0 aliphatic carbocycles. The second-order valence-corrected chi connectivity index (χ2v) is 2.82. The normalized spacial score (nSPS) is 10.3. The van der Waals surface area contributed by atoms with E-state index in [0.29, 0.717) is 5.56 Å². The molecule has 1 aromatic heterocycles. The van der Waals surface area contributed by atoms with E-state index >= 15 is 0 Å². The molecule has 4 heteroatoms. The quantitative estimate of drug-likeness (QED) is 0.702. The third-order valence-corrected chi connectivity index (χ3v) is 1.76. The average molecular weight is 198 g/mol. The molecule has 0 aliphatic rings. The Balaban J connectivity index is 2.52. The molecule has 2 aromatic rings. The predicted octanol–water partition coefficient (Wildman–Crippen LogP) is 3.13. The van der Waals surface area contributed by atoms with Crippen molar-refractivity contribution < 1.29 is 8.81 Å². The number of nitrogens with zero attached hydrogens (tertiary/aromatic N) is 1. The van der Waals surface area contributed by atoms with Crippen LogP contribution in [0.2, 0.25) is 5.22 Å². The van der Waals surface area contributed by atoms with Gasteiger partial charge in [-0.2, -0.15) is 0 Å². The number of aromatic nitrogens is 1. The fourth-order valence-electron chi connectivity index (χ4n) is 1.01. The van der Waals surface area contributed by atoms with Crippen LogP contribution in [0.5, 0.6) is 0 Å². The summed E-state index contributed by atoms with van der Waals surface area (Å²) in [4.78, 5) is 3.81. The minimum atomic E-state index is -0.374. The van der Waals surface area contributed by atoms with E-state index in [0.717, 1.165) is 0 Å². The van der Waals surface area contributed by atoms with Crippen LogP contribution in [-0.4, -0.2) is 4.98 Å². The maximum Gasteiger partial charge on any atom is 0.231 e. The molecular weight excluding hydrogens is 193 g/mol. The van der Waals surface area contributed by atoms with Crippen molar-refractivity contribution in [3.8, 4) is 11.5 Å². The molecule has 0 fully saturated rings. The minimum absolute atomic E-state index is 0.151. The molecule has 0 unspecified atom stereocenters. The number of halogens is 2. The van der Waals surface area contributed by atoms with E-state index in [2.05, 4.69) is 4.98 Å². The molecule has 0 N–H and O–H groups in total. The average Bonchev–Trinajstić information content (AvgIpc) is 2.53. The van der Waals surface area contributed by atoms with Gasteiger partial charge in [0.15, 0.2) is 0 Å². The summed E-state index contributed by atoms with van der Waals surface area (Å²) in [5.41, 5.74) is 0.314. The first kappa shape index (κ1) is 8.26. The van der Waals surface area contributed by atoms with Gasteiger partial charge in [0, 0.05) is 0 Å². The summed E-state index contributed by atoms with van der Waals surface area (Å²) < 4.78 is 18.1. The fourth-order valence-corrected chi connectivity index (χ4v) is 1.14. The lowest BCUT2D eigenvalue weighted by atomic mass is 10.2. The Morgan fingerprint density at radius 3 is 2.69 bits per heavy atom. The Morgan fingerprint density at radius 1 is 1.31 bits per heavy atom. The number of hydrogen-bond donors (Lipinski definition) is 0. The maximum absolute atomic E-state index is 13.1. The van der Waals surface area contributed by atoms with Gasteiger partial charge in [0.25, 0.3) is 0 Å². The molecule has 0 atom stereocenters. The smallest absolute Gasteiger partial charge is 0.231 e. The predicted molar refractivity (Wildman–Crippen MR) is 46.9 cm³/mol. The van der Waals surface area contributed by atoms with E-state index in [1.54, 1.807) is 18.2 Å². The zero-order valence-corrected chi connectivity index (χ0v) is 7.25. The van der Waals surface area contributed by atoms with Crippen LogP contribution in [0.4, 0.5) is 4.39 Å². The Kier molecular flexibility index (Phi) is 2.02. The molecule has 0 saturated heterocycles. The van der Waals surface area contributed by atoms with Gasteiger partial charge in [0.05, 0.1) is 11.8 Å². The first-order valence-corrected chi connectivity index (χ1v) is 4.01. The van der Waals surface area contributed by atoms with Gasteiger partial charge in [-0.05, 0) is 23.7 Å². The number of oxazole rings is 1. The molecule has 0 aliphatic heterocycles. The summed E-state index contributed by atoms with van der Waals surface area (Å²) in [7, 11) is 0. The molecule has 66 valence electrons. The van der Waals surface area contributed by atoms with Crippen molar-refractivity contribution in [2.75, 3.05) is 0 Å². The second kappa shape index (κ2) is 3.18. The van der Waals surface area contributed by atoms with Crippen molar-refractivity contribution >= 4 is 11.6 Å². The van der Waals surface area contributed by atoms with Crippen molar-refractivity contribution in [3.63, 3.8) is 0 Å². The maximum atomic E-state index is 13.1. The van der Waals surface area contributed by atoms with Crippen LogP contribution in [0.3, 0.4) is 0 Å². The third kappa shape index (κ3) is 1.55. The molecule has 0 spiro atoms. The molecule has 2 nitrogen and oxygen atoms in total. The number of rotatable bonds is 1. The molecular formula is C9H5ClFNO. The van der Waals surface area contributed by atoms with Crippen LogP contribution in [0.25, 0.3) is 11.5 Å². The standard InChI is InChI=1S/C9H5ClFNO/c10-8-5-12-9(13-8)6-3-1-2-4-7(6)11/h1-5H. The van der Waals surface area contributed by atoms with Crippen molar-refractivity contribution in [1.29, 1.82) is 0 Å². The van der Waals surface area contributed by atoms with Crippen LogP contribution in [-0.2, 0) is 0 Å². The van der Waals surface area contributed by atoms with Gasteiger partial charge >= 0.3 is 0 Å². The molecule has 0 saturated carbocycles. The summed E-state index contributed by atoms with van der Waals surface area (Å²) >= 11 is 5.51. The highest BCUT2D eigenvalue weighted by molar-refractivity contribution is 6.28. The van der Waals surface area contributed by atoms with E-state index in [4.69, 9.17) is 16.0 Å². The van der Waals surface area contributed by atoms with Gasteiger partial charge < -0.3 is 4.42 Å². The Morgan fingerprint density at radius 2 is 2.08 bits per heavy atom. The SMILES string of the molecule is Fc1ccccc1-c1ncc(Cl)o1. The van der Waals surface area contributed by atoms with Crippen molar-refractivity contribution in [2.24, 2.45) is 0 Å². The van der Waals surface area contributed by atoms with E-state index < -0.39 is 0 Å². The zero-order chi connectivity index (χ0) is 9.26. The van der Waals surface area contributed by atoms with Gasteiger partial charge in [0.1, 0.15) is 5.82 Å². The molecule has 0 bridgehead atoms. The number of hydrogen-bond acceptors (Lipinski definition) is 2. The molecule has 0 amide bonds. The minimum Gasteiger partial charge on any atom is -0.425 e. The summed E-state index contributed by atoms with van der Waals surface area (Å²) in [6, 6.07) is 6.23. The van der Waals surface area contributed by atoms with E-state index in [9.17, 15) is 4.39 Å². The lowest BCUT2D eigenvalue weighted by molar-refractivity contribution is 0.563. The molecule has 0 radical (unpaired) electrons. The fraction of sp³-hybridized carbons (Fsp3) is 0. The van der Waals surface area contributed by atoms with Crippen LogP contribution >= 0.6 is 11.6 Å². The van der Waals surface area contributed by atoms with Crippen molar-refractivity contribution in [3.05, 3.63) is 41.5 Å². The molecule has 2 rings (SSSR count). The number of benzene rings is 1. The lowest BCUT2D eigenvalue weighted by Gasteiger charge is -1.95. The van der Waals surface area contributed by atoms with Crippen LogP contribution in [0.1, 0.15) is 0 Å². The van der Waals surface area contributed by atoms with Gasteiger partial charge in [0.2, 0.25) is 11.1 Å². The van der Waals surface area contributed by atoms with Crippen LogP contribution < -0.4 is 0 Å². The monoisotopic (exact) mass is 197 g/mol. The van der Waals surface area contributed by atoms with Crippen molar-refractivity contribution in [2.45, 2.75) is 0 Å². The van der Waals surface area contributed by atoms with Gasteiger partial charge in [-0.25, -0.2) is 9.37 Å². The molecule has 1 heterocycles. The highest BCUT2D eigenvalue weighted by Crippen LogP contribution is 2.23. The third-order valence-electron chi connectivity index (χ3n) is 1.58. The highest BCUT2D eigenvalue weighted by atomic mass is 35.5. The first-order chi connectivity index (χ1) is 6.27. The van der Waals surface area contributed by atoms with Gasteiger partial charge in [-0.15, -0.1) is 0 Å². The molecule has 1 aromatic carbocycles. The summed E-state index contributed by atoms with van der Waals surface area (Å²) in [6.07, 6.45) is 1.34. The summed E-state index contributed by atoms with van der Waals surface area (Å²) in [6.45, 7) is 0. The first-order valence-electron chi connectivity index (χ1n) is 3.63. The Labute approximate surface area is 79.0 Å². The summed E-state index contributed by atoms with van der Waals surface area (Å²) in [5.74, 6) is -0.177. The second-order valence-electron chi connectivity index (χ2n) is 2.45. The van der Waals surface area contributed by atoms with E-state index in [-0.39, 0.29) is 16.9 Å². The zero-order valence-electron chi connectivity index (χ0n) is 6.50. The Bertz CT molecular complexity index is 427. The highest BCUT2D eigenvalue weighted by Gasteiger charge is 2.09. The largest absolute Gasteiger partial charge is 0.425 e. The Hall–Kier alpha value is -1.35. The van der Waals surface area contributed by atoms with E-state index in [1.807, 2.05) is 0 Å². The summed E-state index contributed by atoms with van der Waals surface area (Å²) in [5, 5.41) is 0.151. The van der Waals surface area contributed by atoms with Gasteiger partial charge in [-0.3, -0.25) is 0 Å². The topological polar surface area (TPSA) is 26.0 Å². The molecule has 13 heavy (non-hydrogen) atoms.